The summed E-state index contributed by atoms with van der Waals surface area (Å²) in [4.78, 5) is 8.78. The minimum atomic E-state index is 0. The van der Waals surface area contributed by atoms with Crippen molar-refractivity contribution in [3.63, 3.8) is 0 Å². The molecule has 0 spiro atoms. The summed E-state index contributed by atoms with van der Waals surface area (Å²) < 4.78 is 5.22. The van der Waals surface area contributed by atoms with Gasteiger partial charge in [0, 0.05) is 27.2 Å². The third-order valence-corrected chi connectivity index (χ3v) is 4.41. The number of likely N-dealkylation sites (N-methyl/N-ethyl adjacent to an activating group) is 1. The van der Waals surface area contributed by atoms with E-state index in [1.165, 1.54) is 11.1 Å². The molecule has 5 nitrogen and oxygen atoms in total. The topological polar surface area (TPSA) is 40.1 Å². The molecule has 0 bridgehead atoms. The number of hydrogen-bond donors (Lipinski definition) is 1. The van der Waals surface area contributed by atoms with Crippen LogP contribution in [0.3, 0.4) is 0 Å². The molecule has 0 aliphatic heterocycles. The maximum atomic E-state index is 5.22. The number of ether oxygens (including phenoxy) is 1. The lowest BCUT2D eigenvalue weighted by atomic mass is 10.1. The van der Waals surface area contributed by atoms with Crippen LogP contribution in [0, 0.1) is 0 Å². The maximum Gasteiger partial charge on any atom is 0.193 e. The van der Waals surface area contributed by atoms with Gasteiger partial charge < -0.3 is 19.9 Å². The number of nitrogens with zero attached hydrogens (tertiary/aromatic N) is 3. The van der Waals surface area contributed by atoms with Gasteiger partial charge in [0.15, 0.2) is 5.96 Å². The first kappa shape index (κ1) is 23.2. The molecule has 0 fully saturated rings. The van der Waals surface area contributed by atoms with Crippen LogP contribution in [-0.4, -0.2) is 57.6 Å². The Morgan fingerprint density at radius 2 is 1.67 bits per heavy atom. The molecule has 0 heterocycles. The molecule has 6 heteroatoms. The second kappa shape index (κ2) is 11.8. The Kier molecular flexibility index (Phi) is 10.2. The second-order valence-electron chi connectivity index (χ2n) is 6.52. The van der Waals surface area contributed by atoms with E-state index in [0.717, 1.165) is 24.8 Å². The molecule has 0 amide bonds. The Balaban J connectivity index is 0.00000364. The number of nitrogens with one attached hydrogen (secondary N) is 1. The van der Waals surface area contributed by atoms with E-state index < -0.39 is 0 Å². The lowest BCUT2D eigenvalue weighted by Gasteiger charge is -2.28. The summed E-state index contributed by atoms with van der Waals surface area (Å²) >= 11 is 0. The summed E-state index contributed by atoms with van der Waals surface area (Å²) in [5, 5.41) is 3.50. The van der Waals surface area contributed by atoms with Gasteiger partial charge in [-0.1, -0.05) is 42.5 Å². The molecule has 27 heavy (non-hydrogen) atoms. The summed E-state index contributed by atoms with van der Waals surface area (Å²) in [7, 11) is 9.75. The summed E-state index contributed by atoms with van der Waals surface area (Å²) in [5.41, 5.74) is 2.50. The minimum Gasteiger partial charge on any atom is -0.497 e. The fourth-order valence-electron chi connectivity index (χ4n) is 2.93. The zero-order valence-corrected chi connectivity index (χ0v) is 19.2. The van der Waals surface area contributed by atoms with Crippen molar-refractivity contribution in [2.45, 2.75) is 12.6 Å². The van der Waals surface area contributed by atoms with Crippen molar-refractivity contribution in [3.8, 4) is 5.75 Å². The van der Waals surface area contributed by atoms with Crippen LogP contribution in [0.2, 0.25) is 0 Å². The third kappa shape index (κ3) is 7.03. The Morgan fingerprint density at radius 1 is 1.04 bits per heavy atom. The van der Waals surface area contributed by atoms with Crippen molar-refractivity contribution in [1.82, 2.24) is 15.1 Å². The van der Waals surface area contributed by atoms with Crippen molar-refractivity contribution in [1.29, 1.82) is 0 Å². The van der Waals surface area contributed by atoms with Crippen LogP contribution in [0.15, 0.2) is 59.6 Å². The molecule has 2 aromatic carbocycles. The van der Waals surface area contributed by atoms with Gasteiger partial charge in [0.25, 0.3) is 0 Å². The highest BCUT2D eigenvalue weighted by molar-refractivity contribution is 14.0. The van der Waals surface area contributed by atoms with Gasteiger partial charge in [0.1, 0.15) is 5.75 Å². The monoisotopic (exact) mass is 482 g/mol. The number of benzene rings is 2. The molecule has 0 aliphatic carbocycles. The van der Waals surface area contributed by atoms with Crippen molar-refractivity contribution in [2.75, 3.05) is 41.8 Å². The highest BCUT2D eigenvalue weighted by atomic mass is 127. The second-order valence-corrected chi connectivity index (χ2v) is 6.52. The van der Waals surface area contributed by atoms with Gasteiger partial charge in [-0.05, 0) is 37.4 Å². The van der Waals surface area contributed by atoms with Crippen molar-refractivity contribution >= 4 is 29.9 Å². The van der Waals surface area contributed by atoms with Crippen molar-refractivity contribution < 1.29 is 4.74 Å². The largest absolute Gasteiger partial charge is 0.497 e. The van der Waals surface area contributed by atoms with Crippen LogP contribution in [0.1, 0.15) is 17.2 Å². The quantitative estimate of drug-likeness (QED) is 0.372. The van der Waals surface area contributed by atoms with E-state index in [-0.39, 0.29) is 30.0 Å². The predicted molar refractivity (Wildman–Crippen MR) is 124 cm³/mol. The van der Waals surface area contributed by atoms with E-state index in [4.69, 9.17) is 4.74 Å². The van der Waals surface area contributed by atoms with Gasteiger partial charge in [-0.2, -0.15) is 0 Å². The standard InChI is InChI=1S/C21H30N4O.HI/c1-22-21(25(4)16-17-11-13-19(26-5)14-12-17)23-15-20(24(2)3)18-9-7-6-8-10-18;/h6-14,20H,15-16H2,1-5H3,(H,22,23);1H. The van der Waals surface area contributed by atoms with E-state index in [9.17, 15) is 0 Å². The molecular formula is C21H31IN4O. The molecule has 0 aliphatic rings. The summed E-state index contributed by atoms with van der Waals surface area (Å²) in [5.74, 6) is 1.75. The average Bonchev–Trinajstić information content (AvgIpc) is 2.66. The van der Waals surface area contributed by atoms with Gasteiger partial charge in [-0.15, -0.1) is 24.0 Å². The summed E-state index contributed by atoms with van der Waals surface area (Å²) in [6, 6.07) is 18.9. The average molecular weight is 482 g/mol. The van der Waals surface area contributed by atoms with Crippen LogP contribution >= 0.6 is 24.0 Å². The zero-order valence-electron chi connectivity index (χ0n) is 16.8. The van der Waals surface area contributed by atoms with Crippen LogP contribution < -0.4 is 10.1 Å². The number of methoxy groups -OCH3 is 1. The van der Waals surface area contributed by atoms with Gasteiger partial charge in [-0.25, -0.2) is 0 Å². The molecule has 1 atom stereocenters. The van der Waals surface area contributed by atoms with Crippen molar-refractivity contribution in [2.24, 2.45) is 4.99 Å². The van der Waals surface area contributed by atoms with Crippen LogP contribution in [0.5, 0.6) is 5.75 Å². The Hall–Kier alpha value is -1.80. The van der Waals surface area contributed by atoms with Crippen LogP contribution in [0.4, 0.5) is 0 Å². The lowest BCUT2D eigenvalue weighted by molar-refractivity contribution is 0.295. The molecule has 2 aromatic rings. The molecule has 2 rings (SSSR count). The first-order valence-corrected chi connectivity index (χ1v) is 8.81. The number of halogens is 1. The zero-order chi connectivity index (χ0) is 18.9. The smallest absolute Gasteiger partial charge is 0.193 e. The first-order chi connectivity index (χ1) is 12.5. The predicted octanol–water partition coefficient (Wildman–Crippen LogP) is 3.62. The molecule has 1 unspecified atom stereocenters. The SMILES string of the molecule is CN=C(NCC(c1ccccc1)N(C)C)N(C)Cc1ccc(OC)cc1.I. The Labute approximate surface area is 180 Å². The minimum absolute atomic E-state index is 0. The van der Waals surface area contributed by atoms with E-state index >= 15 is 0 Å². The van der Waals surface area contributed by atoms with E-state index in [2.05, 4.69) is 70.6 Å². The maximum absolute atomic E-state index is 5.22. The van der Waals surface area contributed by atoms with Gasteiger partial charge in [0.05, 0.1) is 13.2 Å². The lowest BCUT2D eigenvalue weighted by Crippen LogP contribution is -2.42. The number of guanidine groups is 1. The number of rotatable bonds is 7. The van der Waals surface area contributed by atoms with Gasteiger partial charge in [0.2, 0.25) is 0 Å². The normalized spacial score (nSPS) is 12.3. The molecule has 0 saturated heterocycles. The molecule has 0 radical (unpaired) electrons. The number of hydrogen-bond acceptors (Lipinski definition) is 3. The highest BCUT2D eigenvalue weighted by Crippen LogP contribution is 2.17. The molecular weight excluding hydrogens is 451 g/mol. The van der Waals surface area contributed by atoms with Gasteiger partial charge in [-0.3, -0.25) is 4.99 Å². The van der Waals surface area contributed by atoms with Gasteiger partial charge >= 0.3 is 0 Å². The fraction of sp³-hybridized carbons (Fsp3) is 0.381. The molecule has 0 saturated carbocycles. The molecule has 0 aromatic heterocycles. The van der Waals surface area contributed by atoms with Crippen molar-refractivity contribution in [3.05, 3.63) is 65.7 Å². The Bertz CT molecular complexity index is 689. The summed E-state index contributed by atoms with van der Waals surface area (Å²) in [6.07, 6.45) is 0. The highest BCUT2D eigenvalue weighted by Gasteiger charge is 2.15. The summed E-state index contributed by atoms with van der Waals surface area (Å²) in [6.45, 7) is 1.57. The first-order valence-electron chi connectivity index (χ1n) is 8.81. The molecule has 1 N–H and O–H groups in total. The van der Waals surface area contributed by atoms with Crippen LogP contribution in [0.25, 0.3) is 0 Å². The third-order valence-electron chi connectivity index (χ3n) is 4.41. The van der Waals surface area contributed by atoms with E-state index in [1.54, 1.807) is 7.11 Å². The Morgan fingerprint density at radius 3 is 2.19 bits per heavy atom. The molecule has 148 valence electrons. The fourth-order valence-corrected chi connectivity index (χ4v) is 2.93. The van der Waals surface area contributed by atoms with Crippen LogP contribution in [-0.2, 0) is 6.54 Å². The van der Waals surface area contributed by atoms with E-state index in [0.29, 0.717) is 0 Å². The number of aliphatic imine (C=N–C) groups is 1. The van der Waals surface area contributed by atoms with E-state index in [1.807, 2.05) is 32.3 Å².